The number of likely N-dealkylation sites (tertiary alicyclic amines) is 1. The fraction of sp³-hybridized carbons (Fsp3) is 0.400. The smallest absolute Gasteiger partial charge is 0.328 e. The van der Waals surface area contributed by atoms with E-state index in [1.807, 2.05) is 28.2 Å². The third kappa shape index (κ3) is 6.37. The predicted octanol–water partition coefficient (Wildman–Crippen LogP) is 4.51. The van der Waals surface area contributed by atoms with Crippen LogP contribution in [0.2, 0.25) is 0 Å². The van der Waals surface area contributed by atoms with Crippen molar-refractivity contribution in [2.75, 3.05) is 37.6 Å². The van der Waals surface area contributed by atoms with Gasteiger partial charge in [0, 0.05) is 51.1 Å². The summed E-state index contributed by atoms with van der Waals surface area (Å²) in [4.78, 5) is 29.0. The average molecular weight is 640 g/mol. The van der Waals surface area contributed by atoms with Crippen LogP contribution in [0.4, 0.5) is 10.6 Å². The molecule has 0 bridgehead atoms. The van der Waals surface area contributed by atoms with Crippen molar-refractivity contribution in [1.29, 1.82) is 0 Å². The molecule has 0 radical (unpaired) electrons. The Morgan fingerprint density at radius 1 is 0.891 bits per heavy atom. The zero-order chi connectivity index (χ0) is 31.8. The fourth-order valence-corrected chi connectivity index (χ4v) is 8.20. The number of nitrogens with two attached hydrogens (primary N) is 1. The molecular weight excluding hydrogens is 598 g/mol. The summed E-state index contributed by atoms with van der Waals surface area (Å²) in [5.41, 5.74) is 11.8. The second-order valence-corrected chi connectivity index (χ2v) is 14.3. The number of imide groups is 1. The summed E-state index contributed by atoms with van der Waals surface area (Å²) in [6.07, 6.45) is 4.21. The van der Waals surface area contributed by atoms with Crippen LogP contribution in [0.25, 0.3) is 22.0 Å². The van der Waals surface area contributed by atoms with E-state index in [2.05, 4.69) is 69.9 Å². The molecule has 4 heterocycles. The predicted molar refractivity (Wildman–Crippen MR) is 181 cm³/mol. The first-order valence-electron chi connectivity index (χ1n) is 16.2. The highest BCUT2D eigenvalue weighted by atomic mass is 32.2. The topological polar surface area (TPSA) is 117 Å². The van der Waals surface area contributed by atoms with E-state index in [4.69, 9.17) is 5.73 Å². The Morgan fingerprint density at radius 3 is 2.39 bits per heavy atom. The third-order valence-corrected chi connectivity index (χ3v) is 11.2. The highest BCUT2D eigenvalue weighted by Crippen LogP contribution is 2.34. The number of nitrogens with one attached hydrogen (secondary N) is 1. The van der Waals surface area contributed by atoms with E-state index in [1.54, 1.807) is 4.90 Å². The van der Waals surface area contributed by atoms with E-state index >= 15 is 0 Å². The van der Waals surface area contributed by atoms with E-state index in [-0.39, 0.29) is 18.4 Å². The van der Waals surface area contributed by atoms with E-state index in [9.17, 15) is 13.8 Å². The molecule has 11 heteroatoms. The molecule has 0 saturated carbocycles. The van der Waals surface area contributed by atoms with Gasteiger partial charge in [0.05, 0.1) is 10.4 Å². The average Bonchev–Trinajstić information content (AvgIpc) is 3.40. The van der Waals surface area contributed by atoms with Crippen LogP contribution < -0.4 is 16.0 Å². The molecule has 240 valence electrons. The molecule has 3 aromatic carbocycles. The maximum absolute atomic E-state index is 13.2. The number of rotatable bonds is 7. The zero-order valence-electron chi connectivity index (χ0n) is 26.2. The maximum atomic E-state index is 13.2. The quantitative estimate of drug-likeness (QED) is 0.308. The molecule has 3 aliphatic rings. The van der Waals surface area contributed by atoms with Gasteiger partial charge >= 0.3 is 6.03 Å². The first-order valence-corrected chi connectivity index (χ1v) is 17.4. The van der Waals surface area contributed by atoms with Crippen molar-refractivity contribution in [1.82, 2.24) is 24.3 Å². The summed E-state index contributed by atoms with van der Waals surface area (Å²) in [7, 11) is 0.737. The van der Waals surface area contributed by atoms with E-state index < -0.39 is 17.0 Å². The van der Waals surface area contributed by atoms with Gasteiger partial charge in [0.2, 0.25) is 5.91 Å². The van der Waals surface area contributed by atoms with Crippen LogP contribution in [0.1, 0.15) is 49.1 Å². The fourth-order valence-electron chi connectivity index (χ4n) is 6.94. The number of hydrogen-bond acceptors (Lipinski definition) is 6. The van der Waals surface area contributed by atoms with Gasteiger partial charge in [-0.05, 0) is 91.2 Å². The van der Waals surface area contributed by atoms with Crippen molar-refractivity contribution in [2.24, 2.45) is 12.8 Å². The number of anilines is 1. The van der Waals surface area contributed by atoms with Gasteiger partial charge in [-0.2, -0.15) is 5.10 Å². The van der Waals surface area contributed by atoms with Crippen molar-refractivity contribution in [3.63, 3.8) is 0 Å². The van der Waals surface area contributed by atoms with Gasteiger partial charge in [-0.25, -0.2) is 13.3 Å². The van der Waals surface area contributed by atoms with Gasteiger partial charge in [-0.15, -0.1) is 0 Å². The number of hydrogen-bond donors (Lipinski definition) is 2. The van der Waals surface area contributed by atoms with Crippen LogP contribution in [0.3, 0.4) is 0 Å². The molecule has 3 aliphatic heterocycles. The summed E-state index contributed by atoms with van der Waals surface area (Å²) in [5, 5.41) is 7.95. The molecule has 7 rings (SSSR count). The number of aryl methyl sites for hydroxylation is 1. The summed E-state index contributed by atoms with van der Waals surface area (Å²) >= 11 is 0. The van der Waals surface area contributed by atoms with Gasteiger partial charge < -0.3 is 5.73 Å². The minimum absolute atomic E-state index is 0.217. The van der Waals surface area contributed by atoms with Crippen LogP contribution in [0.15, 0.2) is 71.6 Å². The summed E-state index contributed by atoms with van der Waals surface area (Å²) in [6, 6.07) is 23.1. The summed E-state index contributed by atoms with van der Waals surface area (Å²) < 4.78 is 17.1. The molecule has 1 atom stereocenters. The van der Waals surface area contributed by atoms with Crippen molar-refractivity contribution in [3.05, 3.63) is 77.9 Å². The Morgan fingerprint density at radius 2 is 1.65 bits per heavy atom. The molecule has 3 saturated heterocycles. The third-order valence-electron chi connectivity index (χ3n) is 9.69. The van der Waals surface area contributed by atoms with E-state index in [0.29, 0.717) is 18.3 Å². The number of aromatic nitrogens is 2. The first-order chi connectivity index (χ1) is 22.3. The van der Waals surface area contributed by atoms with Crippen molar-refractivity contribution < 1.29 is 13.8 Å². The Balaban J connectivity index is 0.959. The number of nitrogens with zero attached hydrogens (tertiary/aromatic N) is 5. The highest BCUT2D eigenvalue weighted by molar-refractivity contribution is 7.82. The number of carbonyl (C=O) groups excluding carboxylic acids is 2. The molecule has 0 spiro atoms. The second kappa shape index (κ2) is 13.1. The Kier molecular flexibility index (Phi) is 8.74. The summed E-state index contributed by atoms with van der Waals surface area (Å²) in [5.74, 6) is 0.820. The van der Waals surface area contributed by atoms with Crippen molar-refractivity contribution >= 4 is 39.6 Å². The van der Waals surface area contributed by atoms with Crippen LogP contribution in [0, 0.1) is 0 Å². The zero-order valence-corrected chi connectivity index (χ0v) is 27.0. The number of fused-ring (bicyclic) bond motifs is 1. The van der Waals surface area contributed by atoms with Gasteiger partial charge in [-0.3, -0.25) is 24.6 Å². The minimum atomic E-state index is -1.17. The second-order valence-electron chi connectivity index (χ2n) is 12.8. The lowest BCUT2D eigenvalue weighted by atomic mass is 9.88. The lowest BCUT2D eigenvalue weighted by Gasteiger charge is -2.32. The number of amides is 3. The van der Waals surface area contributed by atoms with Crippen molar-refractivity contribution in [2.45, 2.75) is 55.5 Å². The number of carbonyl (C=O) groups is 2. The molecule has 0 aliphatic carbocycles. The maximum Gasteiger partial charge on any atom is 0.329 e. The monoisotopic (exact) mass is 639 g/mol. The molecule has 4 aromatic rings. The SMILES string of the molecule is Cn1nc(N2CCC(=O)NC2=O)c2ccc(C3CCN(Cc4ccc(-c5cccc(S(=O)N6CCC(N)CC6)c5)cc4)CC3)cc21. The van der Waals surface area contributed by atoms with Gasteiger partial charge in [0.25, 0.3) is 0 Å². The number of piperidine rings is 2. The number of benzene rings is 3. The summed E-state index contributed by atoms with van der Waals surface area (Å²) in [6.45, 7) is 4.85. The van der Waals surface area contributed by atoms with Gasteiger partial charge in [-0.1, -0.05) is 42.5 Å². The lowest BCUT2D eigenvalue weighted by Crippen LogP contribution is -2.49. The molecule has 46 heavy (non-hydrogen) atoms. The molecule has 1 unspecified atom stereocenters. The highest BCUT2D eigenvalue weighted by Gasteiger charge is 2.29. The standard InChI is InChI=1S/C35H41N7O3S/c1-39-32-22-28(9-10-31(32)34(38-39)42-20-15-33(43)37-35(42)44)26-11-16-40(17-12-26)23-24-5-7-25(8-6-24)27-3-2-4-30(21-27)46(45)41-18-13-29(36)14-19-41/h2-10,21-22,26,29H,11-20,23,36H2,1H3,(H,37,43,44). The van der Waals surface area contributed by atoms with Crippen LogP contribution in [-0.2, 0) is 29.4 Å². The molecule has 10 nitrogen and oxygen atoms in total. The Bertz CT molecular complexity index is 1770. The molecule has 3 amide bonds. The molecule has 3 fully saturated rings. The van der Waals surface area contributed by atoms with Gasteiger partial charge in [0.1, 0.15) is 11.0 Å². The Labute approximate surface area is 272 Å². The normalized spacial score (nSPS) is 19.9. The van der Waals surface area contributed by atoms with Crippen molar-refractivity contribution in [3.8, 4) is 11.1 Å². The first kappa shape index (κ1) is 30.7. The van der Waals surface area contributed by atoms with Crippen LogP contribution in [0.5, 0.6) is 0 Å². The van der Waals surface area contributed by atoms with Gasteiger partial charge in [0.15, 0.2) is 5.82 Å². The van der Waals surface area contributed by atoms with E-state index in [0.717, 1.165) is 85.3 Å². The molecule has 1 aromatic heterocycles. The minimum Gasteiger partial charge on any atom is -0.328 e. The van der Waals surface area contributed by atoms with Crippen LogP contribution in [-0.4, -0.2) is 73.9 Å². The van der Waals surface area contributed by atoms with E-state index in [1.165, 1.54) is 11.1 Å². The Hall–Kier alpha value is -3.90. The lowest BCUT2D eigenvalue weighted by molar-refractivity contribution is -0.120. The van der Waals surface area contributed by atoms with Crippen LogP contribution >= 0.6 is 0 Å². The largest absolute Gasteiger partial charge is 0.329 e. The number of urea groups is 1. The molecular formula is C35H41N7O3S. The molecule has 3 N–H and O–H groups in total.